The van der Waals surface area contributed by atoms with Crippen LogP contribution in [0.1, 0.15) is 27.3 Å². The Hall–Kier alpha value is -2.85. The Morgan fingerprint density at radius 2 is 1.72 bits per heavy atom. The third-order valence-electron chi connectivity index (χ3n) is 3.22. The molecule has 0 aromatic carbocycles. The molecule has 0 amide bonds. The summed E-state index contributed by atoms with van der Waals surface area (Å²) in [5, 5.41) is 8.89. The van der Waals surface area contributed by atoms with Crippen molar-refractivity contribution < 1.29 is 36.2 Å². The standard InChI is InChI=1S/C14H8F6N2O3/c1-6-4-9(13(15,16)17)21-5-8(6)22-10(14(18,19)20)3-2-7(11(22)23)12(24)25/h2-5H,1H3,(H,24,25). The summed E-state index contributed by atoms with van der Waals surface area (Å²) in [4.78, 5) is 26.1. The number of hydrogen-bond acceptors (Lipinski definition) is 3. The lowest BCUT2D eigenvalue weighted by Gasteiger charge is -2.18. The van der Waals surface area contributed by atoms with Gasteiger partial charge in [-0.1, -0.05) is 0 Å². The zero-order valence-corrected chi connectivity index (χ0v) is 12.2. The molecule has 0 unspecified atom stereocenters. The van der Waals surface area contributed by atoms with E-state index in [1.165, 1.54) is 0 Å². The maximum absolute atomic E-state index is 13.1. The number of aromatic carboxylic acids is 1. The van der Waals surface area contributed by atoms with Crippen LogP contribution in [0.3, 0.4) is 0 Å². The number of pyridine rings is 2. The van der Waals surface area contributed by atoms with E-state index in [2.05, 4.69) is 4.98 Å². The largest absolute Gasteiger partial charge is 0.477 e. The van der Waals surface area contributed by atoms with Gasteiger partial charge < -0.3 is 5.11 Å². The Balaban J connectivity index is 2.84. The summed E-state index contributed by atoms with van der Waals surface area (Å²) < 4.78 is 77.3. The molecule has 25 heavy (non-hydrogen) atoms. The van der Waals surface area contributed by atoms with E-state index in [9.17, 15) is 35.9 Å². The number of nitrogens with zero attached hydrogens (tertiary/aromatic N) is 2. The van der Waals surface area contributed by atoms with E-state index < -0.39 is 46.5 Å². The van der Waals surface area contributed by atoms with Crippen LogP contribution in [0, 0.1) is 6.92 Å². The fourth-order valence-electron chi connectivity index (χ4n) is 2.10. The van der Waals surface area contributed by atoms with Crippen molar-refractivity contribution in [2.45, 2.75) is 19.3 Å². The van der Waals surface area contributed by atoms with Gasteiger partial charge in [-0.2, -0.15) is 26.3 Å². The topological polar surface area (TPSA) is 72.2 Å². The third-order valence-corrected chi connectivity index (χ3v) is 3.22. The average Bonchev–Trinajstić information content (AvgIpc) is 2.45. The van der Waals surface area contributed by atoms with Gasteiger partial charge in [0.05, 0.1) is 11.9 Å². The lowest BCUT2D eigenvalue weighted by molar-refractivity contribution is -0.143. The Morgan fingerprint density at radius 1 is 1.12 bits per heavy atom. The first-order valence-electron chi connectivity index (χ1n) is 6.45. The summed E-state index contributed by atoms with van der Waals surface area (Å²) in [6, 6.07) is 1.31. The van der Waals surface area contributed by atoms with Crippen molar-refractivity contribution in [1.29, 1.82) is 0 Å². The van der Waals surface area contributed by atoms with Crippen molar-refractivity contribution in [3.05, 3.63) is 57.3 Å². The molecule has 0 aliphatic rings. The highest BCUT2D eigenvalue weighted by molar-refractivity contribution is 5.87. The van der Waals surface area contributed by atoms with Crippen LogP contribution in [-0.4, -0.2) is 20.6 Å². The molecule has 0 fully saturated rings. The number of aryl methyl sites for hydroxylation is 1. The van der Waals surface area contributed by atoms with Gasteiger partial charge in [-0.3, -0.25) is 9.36 Å². The molecule has 2 rings (SSSR count). The van der Waals surface area contributed by atoms with Crippen molar-refractivity contribution >= 4 is 5.97 Å². The number of halogens is 6. The lowest BCUT2D eigenvalue weighted by atomic mass is 10.1. The van der Waals surface area contributed by atoms with Gasteiger partial charge in [0.1, 0.15) is 17.0 Å². The highest BCUT2D eigenvalue weighted by atomic mass is 19.4. The minimum absolute atomic E-state index is 0.00800. The van der Waals surface area contributed by atoms with E-state index >= 15 is 0 Å². The van der Waals surface area contributed by atoms with Gasteiger partial charge in [0.25, 0.3) is 5.56 Å². The van der Waals surface area contributed by atoms with Gasteiger partial charge in [0, 0.05) is 0 Å². The van der Waals surface area contributed by atoms with Gasteiger partial charge in [-0.15, -0.1) is 0 Å². The fourth-order valence-corrected chi connectivity index (χ4v) is 2.10. The first-order valence-corrected chi connectivity index (χ1v) is 6.45. The quantitative estimate of drug-likeness (QED) is 0.828. The van der Waals surface area contributed by atoms with Crippen LogP contribution in [0.15, 0.2) is 29.2 Å². The van der Waals surface area contributed by atoms with Crippen LogP contribution in [0.5, 0.6) is 0 Å². The van der Waals surface area contributed by atoms with Crippen LogP contribution in [0.4, 0.5) is 26.3 Å². The molecule has 0 bridgehead atoms. The van der Waals surface area contributed by atoms with E-state index in [1.54, 1.807) is 0 Å². The van der Waals surface area contributed by atoms with E-state index in [0.29, 0.717) is 24.4 Å². The molecule has 2 aromatic rings. The van der Waals surface area contributed by atoms with Crippen molar-refractivity contribution in [2.24, 2.45) is 0 Å². The van der Waals surface area contributed by atoms with E-state index in [-0.39, 0.29) is 10.1 Å². The fraction of sp³-hybridized carbons (Fsp3) is 0.214. The first kappa shape index (κ1) is 18.5. The predicted octanol–water partition coefficient (Wildman–Crippen LogP) is 3.28. The van der Waals surface area contributed by atoms with Crippen LogP contribution in [0.25, 0.3) is 5.69 Å². The minimum atomic E-state index is -5.05. The van der Waals surface area contributed by atoms with Crippen LogP contribution in [0.2, 0.25) is 0 Å². The molecule has 0 atom stereocenters. The normalized spacial score (nSPS) is 12.3. The van der Waals surface area contributed by atoms with Gasteiger partial charge in [-0.25, -0.2) is 9.78 Å². The lowest BCUT2D eigenvalue weighted by Crippen LogP contribution is -2.31. The van der Waals surface area contributed by atoms with Crippen LogP contribution >= 0.6 is 0 Å². The van der Waals surface area contributed by atoms with Crippen molar-refractivity contribution in [2.75, 3.05) is 0 Å². The molecule has 0 saturated heterocycles. The maximum Gasteiger partial charge on any atom is 0.433 e. The summed E-state index contributed by atoms with van der Waals surface area (Å²) >= 11 is 0. The number of rotatable bonds is 2. The molecule has 0 aliphatic carbocycles. The second-order valence-electron chi connectivity index (χ2n) is 4.93. The van der Waals surface area contributed by atoms with Crippen molar-refractivity contribution in [1.82, 2.24) is 9.55 Å². The number of carboxylic acids is 1. The number of aromatic nitrogens is 2. The first-order chi connectivity index (χ1) is 11.3. The van der Waals surface area contributed by atoms with Gasteiger partial charge in [0.2, 0.25) is 0 Å². The second kappa shape index (κ2) is 5.90. The summed E-state index contributed by atoms with van der Waals surface area (Å²) in [5.74, 6) is -1.77. The number of hydrogen-bond donors (Lipinski definition) is 1. The molecular formula is C14H8F6N2O3. The van der Waals surface area contributed by atoms with Crippen molar-refractivity contribution in [3.8, 4) is 5.69 Å². The minimum Gasteiger partial charge on any atom is -0.477 e. The van der Waals surface area contributed by atoms with Crippen molar-refractivity contribution in [3.63, 3.8) is 0 Å². The number of carbonyl (C=O) groups is 1. The van der Waals surface area contributed by atoms with Gasteiger partial charge in [-0.05, 0) is 30.7 Å². The zero-order chi connectivity index (χ0) is 19.2. The SMILES string of the molecule is Cc1cc(C(F)(F)F)ncc1-n1c(C(F)(F)F)ccc(C(=O)O)c1=O. The Kier molecular flexibility index (Phi) is 4.36. The van der Waals surface area contributed by atoms with Crippen LogP contribution < -0.4 is 5.56 Å². The molecule has 0 aliphatic heterocycles. The zero-order valence-electron chi connectivity index (χ0n) is 12.2. The second-order valence-corrected chi connectivity index (χ2v) is 4.93. The highest BCUT2D eigenvalue weighted by Gasteiger charge is 2.37. The summed E-state index contributed by atoms with van der Waals surface area (Å²) in [5.41, 5.74) is -6.33. The Morgan fingerprint density at radius 3 is 2.16 bits per heavy atom. The average molecular weight is 366 g/mol. The van der Waals surface area contributed by atoms with Crippen LogP contribution in [-0.2, 0) is 12.4 Å². The molecule has 5 nitrogen and oxygen atoms in total. The predicted molar refractivity (Wildman–Crippen MR) is 71.5 cm³/mol. The molecule has 0 saturated carbocycles. The molecule has 1 N–H and O–H groups in total. The number of carboxylic acid groups (broad SMARTS) is 1. The third kappa shape index (κ3) is 3.49. The van der Waals surface area contributed by atoms with E-state index in [0.717, 1.165) is 6.92 Å². The number of alkyl halides is 6. The molecule has 134 valence electrons. The van der Waals surface area contributed by atoms with E-state index in [1.807, 2.05) is 0 Å². The summed E-state index contributed by atoms with van der Waals surface area (Å²) in [6.45, 7) is 1.05. The maximum atomic E-state index is 13.1. The smallest absolute Gasteiger partial charge is 0.433 e. The molecule has 2 aromatic heterocycles. The van der Waals surface area contributed by atoms with E-state index in [4.69, 9.17) is 5.11 Å². The molecule has 0 radical (unpaired) electrons. The summed E-state index contributed by atoms with van der Waals surface area (Å²) in [7, 11) is 0. The molecular weight excluding hydrogens is 358 g/mol. The molecule has 0 spiro atoms. The monoisotopic (exact) mass is 366 g/mol. The Bertz CT molecular complexity index is 899. The molecule has 2 heterocycles. The summed E-state index contributed by atoms with van der Waals surface area (Å²) in [6.07, 6.45) is -9.43. The van der Waals surface area contributed by atoms with Gasteiger partial charge >= 0.3 is 18.3 Å². The Labute approximate surface area is 135 Å². The molecule has 11 heteroatoms. The highest BCUT2D eigenvalue weighted by Crippen LogP contribution is 2.32. The van der Waals surface area contributed by atoms with Gasteiger partial charge in [0.15, 0.2) is 0 Å².